The van der Waals surface area contributed by atoms with Crippen LogP contribution >= 0.6 is 7.60 Å². The molecule has 0 fully saturated rings. The number of methoxy groups -OCH3 is 1. The predicted octanol–water partition coefficient (Wildman–Crippen LogP) is 1.09. The van der Waals surface area contributed by atoms with Crippen LogP contribution in [0.4, 0.5) is 0 Å². The summed E-state index contributed by atoms with van der Waals surface area (Å²) >= 11 is 0. The summed E-state index contributed by atoms with van der Waals surface area (Å²) in [6.45, 7) is 0.848. The molecule has 6 heteroatoms. The largest absolute Gasteiger partial charge is 0.382 e. The summed E-state index contributed by atoms with van der Waals surface area (Å²) in [5, 5.41) is 0. The highest BCUT2D eigenvalue weighted by atomic mass is 31.2. The molecule has 12 heavy (non-hydrogen) atoms. The summed E-state index contributed by atoms with van der Waals surface area (Å²) in [7, 11) is 1.21. The van der Waals surface area contributed by atoms with Gasteiger partial charge < -0.3 is 18.5 Å². The van der Waals surface area contributed by atoms with Crippen molar-refractivity contribution in [1.82, 2.24) is 0 Å². The lowest BCUT2D eigenvalue weighted by Crippen LogP contribution is -2.05. The van der Waals surface area contributed by atoms with Crippen LogP contribution in [0.3, 0.4) is 0 Å². The van der Waals surface area contributed by atoms with E-state index in [1.165, 1.54) is 14.2 Å². The molecule has 0 unspecified atom stereocenters. The van der Waals surface area contributed by atoms with Crippen molar-refractivity contribution < 1.29 is 23.1 Å². The molecule has 0 atom stereocenters. The fraction of sp³-hybridized carbons (Fsp3) is 1.00. The van der Waals surface area contributed by atoms with Gasteiger partial charge in [-0.25, -0.2) is 0 Å². The molecule has 0 rings (SSSR count). The molecular formula is C6H15O5P. The fourth-order valence-electron chi connectivity index (χ4n) is 0.499. The van der Waals surface area contributed by atoms with Gasteiger partial charge in [0, 0.05) is 21.3 Å². The smallest absolute Gasteiger partial charge is 0.355 e. The Bertz CT molecular complexity index is 141. The normalized spacial score (nSPS) is 11.9. The minimum Gasteiger partial charge on any atom is -0.382 e. The summed E-state index contributed by atoms with van der Waals surface area (Å²) in [6.07, 6.45) is -0.0383. The molecule has 0 aromatic heterocycles. The fourth-order valence-corrected chi connectivity index (χ4v) is 1.21. The molecule has 0 aliphatic heterocycles. The number of hydrogen-bond donors (Lipinski definition) is 0. The van der Waals surface area contributed by atoms with Gasteiger partial charge >= 0.3 is 7.60 Å². The molecule has 0 saturated heterocycles. The highest BCUT2D eigenvalue weighted by molar-refractivity contribution is 7.53. The van der Waals surface area contributed by atoms with E-state index in [1.54, 1.807) is 7.11 Å². The molecule has 0 saturated carbocycles. The zero-order valence-electron chi connectivity index (χ0n) is 7.61. The van der Waals surface area contributed by atoms with Crippen LogP contribution in [0.5, 0.6) is 0 Å². The predicted molar refractivity (Wildman–Crippen MR) is 44.3 cm³/mol. The Hall–Kier alpha value is 0.0700. The van der Waals surface area contributed by atoms with Crippen LogP contribution in [0, 0.1) is 0 Å². The topological polar surface area (TPSA) is 54.0 Å². The Morgan fingerprint density at radius 3 is 2.08 bits per heavy atom. The first-order valence-corrected chi connectivity index (χ1v) is 5.18. The number of ether oxygens (including phenoxy) is 2. The van der Waals surface area contributed by atoms with Gasteiger partial charge in [0.2, 0.25) is 0 Å². The first-order chi connectivity index (χ1) is 5.68. The Labute approximate surface area is 72.5 Å². The van der Waals surface area contributed by atoms with Crippen molar-refractivity contribution >= 4 is 7.60 Å². The van der Waals surface area contributed by atoms with E-state index in [4.69, 9.17) is 9.47 Å². The molecular weight excluding hydrogens is 183 g/mol. The van der Waals surface area contributed by atoms with Gasteiger partial charge in [0.05, 0.1) is 13.2 Å². The highest BCUT2D eigenvalue weighted by Crippen LogP contribution is 2.45. The standard InChI is InChI=1S/C6H15O5P/c1-8-4-5-11-6-12(7,9-2)10-3/h4-6H2,1-3H3. The van der Waals surface area contributed by atoms with Crippen LogP contribution in [0.25, 0.3) is 0 Å². The highest BCUT2D eigenvalue weighted by Gasteiger charge is 2.20. The van der Waals surface area contributed by atoms with Crippen molar-refractivity contribution in [3.63, 3.8) is 0 Å². The maximum Gasteiger partial charge on any atom is 0.355 e. The van der Waals surface area contributed by atoms with Gasteiger partial charge in [-0.2, -0.15) is 0 Å². The molecule has 0 bridgehead atoms. The summed E-state index contributed by atoms with van der Waals surface area (Å²) in [5.74, 6) is 0. The third-order valence-electron chi connectivity index (χ3n) is 1.24. The van der Waals surface area contributed by atoms with Crippen LogP contribution < -0.4 is 0 Å². The van der Waals surface area contributed by atoms with Gasteiger partial charge in [0.1, 0.15) is 6.35 Å². The molecule has 74 valence electrons. The van der Waals surface area contributed by atoms with E-state index in [0.29, 0.717) is 13.2 Å². The van der Waals surface area contributed by atoms with Crippen molar-refractivity contribution in [3.8, 4) is 0 Å². The van der Waals surface area contributed by atoms with E-state index in [1.807, 2.05) is 0 Å². The van der Waals surface area contributed by atoms with E-state index < -0.39 is 7.60 Å². The van der Waals surface area contributed by atoms with Crippen LogP contribution in [0.1, 0.15) is 0 Å². The summed E-state index contributed by atoms with van der Waals surface area (Å²) < 4.78 is 30.3. The second kappa shape index (κ2) is 6.57. The maximum absolute atomic E-state index is 11.3. The third kappa shape index (κ3) is 4.85. The van der Waals surface area contributed by atoms with Crippen molar-refractivity contribution in [2.75, 3.05) is 40.9 Å². The van der Waals surface area contributed by atoms with Crippen LogP contribution in [-0.4, -0.2) is 40.9 Å². The molecule has 0 aliphatic carbocycles. The quantitative estimate of drug-likeness (QED) is 0.452. The number of rotatable bonds is 7. The van der Waals surface area contributed by atoms with E-state index in [-0.39, 0.29) is 6.35 Å². The van der Waals surface area contributed by atoms with E-state index in [9.17, 15) is 4.57 Å². The Morgan fingerprint density at radius 1 is 1.08 bits per heavy atom. The van der Waals surface area contributed by atoms with Crippen LogP contribution in [0.2, 0.25) is 0 Å². The molecule has 0 aromatic carbocycles. The van der Waals surface area contributed by atoms with Crippen molar-refractivity contribution in [2.45, 2.75) is 0 Å². The molecule has 0 heterocycles. The summed E-state index contributed by atoms with van der Waals surface area (Å²) in [5.41, 5.74) is 0. The lowest BCUT2D eigenvalue weighted by atomic mass is 10.8. The number of hydrogen-bond acceptors (Lipinski definition) is 5. The second-order valence-corrected chi connectivity index (χ2v) is 4.22. The minimum absolute atomic E-state index is 0.0383. The summed E-state index contributed by atoms with van der Waals surface area (Å²) in [6, 6.07) is 0. The Balaban J connectivity index is 3.52. The van der Waals surface area contributed by atoms with Crippen molar-refractivity contribution in [2.24, 2.45) is 0 Å². The molecule has 0 amide bonds. The van der Waals surface area contributed by atoms with E-state index >= 15 is 0 Å². The molecule has 0 aromatic rings. The van der Waals surface area contributed by atoms with Gasteiger partial charge in [0.25, 0.3) is 0 Å². The minimum atomic E-state index is -3.00. The first kappa shape index (κ1) is 12.1. The molecule has 5 nitrogen and oxygen atoms in total. The first-order valence-electron chi connectivity index (χ1n) is 3.45. The van der Waals surface area contributed by atoms with Gasteiger partial charge in [-0.15, -0.1) is 0 Å². The lowest BCUT2D eigenvalue weighted by molar-refractivity contribution is 0.0821. The van der Waals surface area contributed by atoms with Crippen LogP contribution in [0.15, 0.2) is 0 Å². The molecule has 0 aliphatic rings. The van der Waals surface area contributed by atoms with Crippen molar-refractivity contribution in [1.29, 1.82) is 0 Å². The Kier molecular flexibility index (Phi) is 6.61. The SMILES string of the molecule is COCCOCP(=O)(OC)OC. The van der Waals surface area contributed by atoms with Gasteiger partial charge in [-0.3, -0.25) is 4.57 Å². The van der Waals surface area contributed by atoms with Gasteiger partial charge in [-0.05, 0) is 0 Å². The van der Waals surface area contributed by atoms with Gasteiger partial charge in [-0.1, -0.05) is 0 Å². The second-order valence-electron chi connectivity index (χ2n) is 2.01. The van der Waals surface area contributed by atoms with E-state index in [2.05, 4.69) is 9.05 Å². The molecule has 0 N–H and O–H groups in total. The zero-order valence-corrected chi connectivity index (χ0v) is 8.50. The average molecular weight is 198 g/mol. The van der Waals surface area contributed by atoms with E-state index in [0.717, 1.165) is 0 Å². The monoisotopic (exact) mass is 198 g/mol. The average Bonchev–Trinajstić information content (AvgIpc) is 2.12. The maximum atomic E-state index is 11.3. The zero-order chi connectivity index (χ0) is 9.45. The summed E-state index contributed by atoms with van der Waals surface area (Å²) in [4.78, 5) is 0. The third-order valence-corrected chi connectivity index (χ3v) is 2.85. The lowest BCUT2D eigenvalue weighted by Gasteiger charge is -2.12. The molecule has 0 spiro atoms. The molecule has 0 radical (unpaired) electrons. The van der Waals surface area contributed by atoms with Crippen LogP contribution in [-0.2, 0) is 23.1 Å². The van der Waals surface area contributed by atoms with Crippen molar-refractivity contribution in [3.05, 3.63) is 0 Å². The van der Waals surface area contributed by atoms with Gasteiger partial charge in [0.15, 0.2) is 0 Å². The Morgan fingerprint density at radius 2 is 1.67 bits per heavy atom.